The molecule has 33 heavy (non-hydrogen) atoms. The van der Waals surface area contributed by atoms with Crippen LogP contribution in [0.15, 0.2) is 54.6 Å². The van der Waals surface area contributed by atoms with Crippen molar-refractivity contribution in [3.8, 4) is 16.9 Å². The molecule has 0 amide bonds. The summed E-state index contributed by atoms with van der Waals surface area (Å²) in [5.41, 5.74) is 5.19. The minimum Gasteiger partial charge on any atom is -0.427 e. The Labute approximate surface area is 201 Å². The first-order valence-electron chi connectivity index (χ1n) is 13.2. The molecular formula is C31H42O2. The maximum absolute atomic E-state index is 12.0. The van der Waals surface area contributed by atoms with Crippen molar-refractivity contribution in [1.29, 1.82) is 0 Å². The number of benzene rings is 2. The van der Waals surface area contributed by atoms with Crippen LogP contribution in [0.5, 0.6) is 5.75 Å². The summed E-state index contributed by atoms with van der Waals surface area (Å²) in [6, 6.07) is 16.8. The highest BCUT2D eigenvalue weighted by molar-refractivity contribution is 5.74. The lowest BCUT2D eigenvalue weighted by Gasteiger charge is -2.24. The molecule has 0 fully saturated rings. The van der Waals surface area contributed by atoms with Crippen LogP contribution in [-0.2, 0) is 4.79 Å². The molecular weight excluding hydrogens is 404 g/mol. The van der Waals surface area contributed by atoms with E-state index in [4.69, 9.17) is 4.74 Å². The highest BCUT2D eigenvalue weighted by Crippen LogP contribution is 2.34. The average Bonchev–Trinajstić information content (AvgIpc) is 2.85. The Morgan fingerprint density at radius 3 is 2.15 bits per heavy atom. The fourth-order valence-corrected chi connectivity index (χ4v) is 4.75. The van der Waals surface area contributed by atoms with E-state index in [0.29, 0.717) is 12.2 Å². The van der Waals surface area contributed by atoms with Gasteiger partial charge < -0.3 is 4.74 Å². The predicted octanol–water partition coefficient (Wildman–Crippen LogP) is 9.24. The molecule has 2 aromatic rings. The number of allylic oxidation sites excluding steroid dienone is 2. The van der Waals surface area contributed by atoms with Crippen molar-refractivity contribution in [2.75, 3.05) is 0 Å². The first-order valence-corrected chi connectivity index (χ1v) is 13.2. The molecule has 2 atom stereocenters. The van der Waals surface area contributed by atoms with Gasteiger partial charge in [0.1, 0.15) is 5.75 Å². The van der Waals surface area contributed by atoms with Crippen LogP contribution in [0.1, 0.15) is 97.0 Å². The SMILES string of the molecule is CCCCCCCC(=O)Oc1ccc(-c2ccc(C3=CCC(CC(C)CC)CC3)cc2)cc1. The number of hydrogen-bond donors (Lipinski definition) is 0. The second kappa shape index (κ2) is 13.4. The molecule has 0 bridgehead atoms. The fourth-order valence-electron chi connectivity index (χ4n) is 4.75. The summed E-state index contributed by atoms with van der Waals surface area (Å²) >= 11 is 0. The van der Waals surface area contributed by atoms with Crippen molar-refractivity contribution in [3.05, 3.63) is 60.2 Å². The largest absolute Gasteiger partial charge is 0.427 e. The van der Waals surface area contributed by atoms with E-state index in [-0.39, 0.29) is 5.97 Å². The number of unbranched alkanes of at least 4 members (excludes halogenated alkanes) is 4. The van der Waals surface area contributed by atoms with Crippen LogP contribution in [0, 0.1) is 11.8 Å². The highest BCUT2D eigenvalue weighted by Gasteiger charge is 2.17. The molecule has 0 radical (unpaired) electrons. The van der Waals surface area contributed by atoms with E-state index < -0.39 is 0 Å². The van der Waals surface area contributed by atoms with Gasteiger partial charge >= 0.3 is 5.97 Å². The predicted molar refractivity (Wildman–Crippen MR) is 140 cm³/mol. The van der Waals surface area contributed by atoms with Gasteiger partial charge in [-0.3, -0.25) is 4.79 Å². The Hall–Kier alpha value is -2.35. The van der Waals surface area contributed by atoms with Crippen molar-refractivity contribution >= 4 is 11.5 Å². The minimum absolute atomic E-state index is 0.129. The van der Waals surface area contributed by atoms with Crippen molar-refractivity contribution in [1.82, 2.24) is 0 Å². The molecule has 2 nitrogen and oxygen atoms in total. The van der Waals surface area contributed by atoms with Gasteiger partial charge in [0.05, 0.1) is 0 Å². The fraction of sp³-hybridized carbons (Fsp3) is 0.516. The average molecular weight is 447 g/mol. The van der Waals surface area contributed by atoms with E-state index in [9.17, 15) is 4.79 Å². The topological polar surface area (TPSA) is 26.3 Å². The first kappa shape index (κ1) is 25.3. The summed E-state index contributed by atoms with van der Waals surface area (Å²) < 4.78 is 5.50. The number of ether oxygens (including phenoxy) is 1. The van der Waals surface area contributed by atoms with E-state index in [2.05, 4.69) is 51.1 Å². The number of rotatable bonds is 12. The molecule has 0 aromatic heterocycles. The van der Waals surface area contributed by atoms with E-state index in [1.807, 2.05) is 24.3 Å². The van der Waals surface area contributed by atoms with Crippen LogP contribution in [-0.4, -0.2) is 5.97 Å². The second-order valence-corrected chi connectivity index (χ2v) is 9.86. The minimum atomic E-state index is -0.129. The number of hydrogen-bond acceptors (Lipinski definition) is 2. The summed E-state index contributed by atoms with van der Waals surface area (Å²) in [6.07, 6.45) is 15.0. The Kier molecular flexibility index (Phi) is 10.2. The van der Waals surface area contributed by atoms with Crippen molar-refractivity contribution in [2.24, 2.45) is 11.8 Å². The molecule has 0 N–H and O–H groups in total. The van der Waals surface area contributed by atoms with Crippen LogP contribution >= 0.6 is 0 Å². The lowest BCUT2D eigenvalue weighted by Crippen LogP contribution is -2.09. The molecule has 178 valence electrons. The van der Waals surface area contributed by atoms with Gasteiger partial charge in [-0.05, 0) is 78.3 Å². The molecule has 3 rings (SSSR count). The van der Waals surface area contributed by atoms with Gasteiger partial charge in [-0.15, -0.1) is 0 Å². The second-order valence-electron chi connectivity index (χ2n) is 9.86. The zero-order valence-corrected chi connectivity index (χ0v) is 20.9. The van der Waals surface area contributed by atoms with E-state index in [0.717, 1.165) is 30.2 Å². The molecule has 0 aliphatic heterocycles. The molecule has 2 unspecified atom stereocenters. The van der Waals surface area contributed by atoms with Crippen LogP contribution < -0.4 is 4.74 Å². The third-order valence-corrected chi connectivity index (χ3v) is 7.11. The van der Waals surface area contributed by atoms with Crippen LogP contribution in [0.25, 0.3) is 16.7 Å². The van der Waals surface area contributed by atoms with E-state index in [1.165, 1.54) is 68.1 Å². The zero-order chi connectivity index (χ0) is 23.5. The van der Waals surface area contributed by atoms with E-state index in [1.54, 1.807) is 0 Å². The Morgan fingerprint density at radius 1 is 0.909 bits per heavy atom. The Morgan fingerprint density at radius 2 is 1.55 bits per heavy atom. The van der Waals surface area contributed by atoms with Crippen molar-refractivity contribution < 1.29 is 9.53 Å². The maximum Gasteiger partial charge on any atom is 0.311 e. The Bertz CT molecular complexity index is 876. The zero-order valence-electron chi connectivity index (χ0n) is 20.9. The quantitative estimate of drug-likeness (QED) is 0.184. The monoisotopic (exact) mass is 446 g/mol. The van der Waals surface area contributed by atoms with Gasteiger partial charge in [-0.25, -0.2) is 0 Å². The first-order chi connectivity index (χ1) is 16.1. The number of carbonyl (C=O) groups is 1. The molecule has 1 aliphatic carbocycles. The maximum atomic E-state index is 12.0. The lowest BCUT2D eigenvalue weighted by molar-refractivity contribution is -0.134. The molecule has 0 spiro atoms. The van der Waals surface area contributed by atoms with Gasteiger partial charge in [-0.2, -0.15) is 0 Å². The van der Waals surface area contributed by atoms with Gasteiger partial charge in [0.15, 0.2) is 0 Å². The molecule has 1 aliphatic rings. The van der Waals surface area contributed by atoms with Crippen LogP contribution in [0.2, 0.25) is 0 Å². The molecule has 0 saturated carbocycles. The molecule has 0 heterocycles. The molecule has 0 saturated heterocycles. The smallest absolute Gasteiger partial charge is 0.311 e. The normalized spacial score (nSPS) is 16.8. The third-order valence-electron chi connectivity index (χ3n) is 7.11. The standard InChI is InChI=1S/C31H42O2/c1-4-6-7-8-9-10-31(32)33-30-21-19-29(20-22-30)28-17-15-27(16-18-28)26-13-11-25(12-14-26)23-24(3)5-2/h13,15-22,24-25H,4-12,14,23H2,1-3H3. The molecule has 2 heteroatoms. The third kappa shape index (κ3) is 8.18. The summed E-state index contributed by atoms with van der Waals surface area (Å²) in [7, 11) is 0. The van der Waals surface area contributed by atoms with Crippen LogP contribution in [0.3, 0.4) is 0 Å². The number of carbonyl (C=O) groups excluding carboxylic acids is 1. The van der Waals surface area contributed by atoms with Crippen molar-refractivity contribution in [3.63, 3.8) is 0 Å². The summed E-state index contributed by atoms with van der Waals surface area (Å²) in [5, 5.41) is 0. The lowest BCUT2D eigenvalue weighted by atomic mass is 9.81. The van der Waals surface area contributed by atoms with Gasteiger partial charge in [0, 0.05) is 6.42 Å². The van der Waals surface area contributed by atoms with Gasteiger partial charge in [-0.1, -0.05) is 95.3 Å². The van der Waals surface area contributed by atoms with Crippen molar-refractivity contribution in [2.45, 2.75) is 91.4 Å². The molecule has 2 aromatic carbocycles. The Balaban J connectivity index is 1.50. The number of esters is 1. The highest BCUT2D eigenvalue weighted by atomic mass is 16.5. The summed E-state index contributed by atoms with van der Waals surface area (Å²) in [6.45, 7) is 6.88. The van der Waals surface area contributed by atoms with Gasteiger partial charge in [0.2, 0.25) is 0 Å². The summed E-state index contributed by atoms with van der Waals surface area (Å²) in [4.78, 5) is 12.0. The van der Waals surface area contributed by atoms with Gasteiger partial charge in [0.25, 0.3) is 0 Å². The summed E-state index contributed by atoms with van der Waals surface area (Å²) in [5.74, 6) is 2.20. The van der Waals surface area contributed by atoms with E-state index >= 15 is 0 Å². The van der Waals surface area contributed by atoms with Crippen LogP contribution in [0.4, 0.5) is 0 Å².